The molecule has 4 atom stereocenters. The maximum Gasteiger partial charge on any atom is 0.246 e. The highest BCUT2D eigenvalue weighted by atomic mass is 16.2. The zero-order chi connectivity index (χ0) is 29.5. The number of amides is 4. The SMILES string of the molecule is NCc1ccc(C[C@@H]2NC(=O)[C@H]3CCCN3C(=O)[C@H](Cc3ccccc3)NC(=O)[C@@H](Cc3ccccc3)NC2=O)cc1. The number of rotatable bonds is 7. The van der Waals surface area contributed by atoms with Crippen LogP contribution < -0.4 is 21.7 Å². The van der Waals surface area contributed by atoms with Crippen LogP contribution in [0.5, 0.6) is 0 Å². The molecule has 0 radical (unpaired) electrons. The van der Waals surface area contributed by atoms with Crippen molar-refractivity contribution in [3.63, 3.8) is 0 Å². The second-order valence-electron chi connectivity index (χ2n) is 11.0. The Morgan fingerprint density at radius 2 is 1.05 bits per heavy atom. The number of carbonyl (C=O) groups is 4. The molecule has 0 aliphatic carbocycles. The van der Waals surface area contributed by atoms with E-state index in [1.54, 1.807) is 4.90 Å². The van der Waals surface area contributed by atoms with Crippen molar-refractivity contribution in [2.75, 3.05) is 6.54 Å². The first kappa shape index (κ1) is 29.0. The molecule has 9 heteroatoms. The predicted molar refractivity (Wildman–Crippen MR) is 159 cm³/mol. The van der Waals surface area contributed by atoms with Gasteiger partial charge >= 0.3 is 0 Å². The smallest absolute Gasteiger partial charge is 0.246 e. The molecule has 5 N–H and O–H groups in total. The average Bonchev–Trinajstić information content (AvgIpc) is 3.51. The lowest BCUT2D eigenvalue weighted by Gasteiger charge is -2.32. The maximum atomic E-state index is 13.9. The zero-order valence-corrected chi connectivity index (χ0v) is 23.5. The van der Waals surface area contributed by atoms with E-state index in [0.717, 1.165) is 22.3 Å². The fourth-order valence-corrected chi connectivity index (χ4v) is 5.68. The summed E-state index contributed by atoms with van der Waals surface area (Å²) in [6, 6.07) is 22.9. The summed E-state index contributed by atoms with van der Waals surface area (Å²) >= 11 is 0. The minimum atomic E-state index is -0.959. The van der Waals surface area contributed by atoms with Gasteiger partial charge in [0.1, 0.15) is 24.2 Å². The molecule has 2 aliphatic rings. The molecule has 42 heavy (non-hydrogen) atoms. The Kier molecular flexibility index (Phi) is 9.28. The number of nitrogens with two attached hydrogens (primary N) is 1. The standard InChI is InChI=1S/C33H37N5O4/c34-21-25-15-13-24(14-16-25)19-27-30(39)35-26(18-22-8-3-1-4-9-22)31(40)37-28(20-23-10-5-2-6-11-23)33(42)38-17-7-12-29(38)32(41)36-27/h1-6,8-11,13-16,26-29H,7,12,17-21,34H2,(H,35,39)(H,36,41)(H,37,40)/t26-,27+,28+,29-/m1/s1. The minimum absolute atomic E-state index is 0.222. The van der Waals surface area contributed by atoms with Crippen LogP contribution in [0.4, 0.5) is 0 Å². The number of nitrogens with zero attached hydrogens (tertiary/aromatic N) is 1. The average molecular weight is 568 g/mol. The summed E-state index contributed by atoms with van der Waals surface area (Å²) in [5.74, 6) is -1.58. The quantitative estimate of drug-likeness (QED) is 0.345. The van der Waals surface area contributed by atoms with E-state index < -0.39 is 36.0 Å². The molecule has 0 unspecified atom stereocenters. The molecule has 2 heterocycles. The monoisotopic (exact) mass is 567 g/mol. The van der Waals surface area contributed by atoms with E-state index in [2.05, 4.69) is 16.0 Å². The third kappa shape index (κ3) is 7.03. The first-order valence-electron chi connectivity index (χ1n) is 14.5. The zero-order valence-electron chi connectivity index (χ0n) is 23.5. The fraction of sp³-hybridized carbons (Fsp3) is 0.333. The molecular formula is C33H37N5O4. The maximum absolute atomic E-state index is 13.9. The molecule has 5 rings (SSSR count). The molecule has 2 saturated heterocycles. The van der Waals surface area contributed by atoms with Crippen molar-refractivity contribution in [3.05, 3.63) is 107 Å². The van der Waals surface area contributed by atoms with E-state index in [0.29, 0.717) is 25.9 Å². The summed E-state index contributed by atoms with van der Waals surface area (Å²) in [7, 11) is 0. The van der Waals surface area contributed by atoms with Gasteiger partial charge in [0, 0.05) is 32.4 Å². The highest BCUT2D eigenvalue weighted by Crippen LogP contribution is 2.21. The molecule has 4 amide bonds. The number of hydrogen-bond acceptors (Lipinski definition) is 5. The number of hydrogen-bond donors (Lipinski definition) is 4. The highest BCUT2D eigenvalue weighted by molar-refractivity contribution is 5.98. The summed E-state index contributed by atoms with van der Waals surface area (Å²) in [5, 5.41) is 8.75. The van der Waals surface area contributed by atoms with Crippen molar-refractivity contribution in [1.82, 2.24) is 20.9 Å². The van der Waals surface area contributed by atoms with Gasteiger partial charge in [0.25, 0.3) is 0 Å². The van der Waals surface area contributed by atoms with Crippen LogP contribution in [0.25, 0.3) is 0 Å². The molecule has 0 aromatic heterocycles. The van der Waals surface area contributed by atoms with E-state index in [9.17, 15) is 19.2 Å². The van der Waals surface area contributed by atoms with Crippen molar-refractivity contribution in [2.45, 2.75) is 62.8 Å². The van der Waals surface area contributed by atoms with Crippen LogP contribution in [0.15, 0.2) is 84.9 Å². The number of benzene rings is 3. The van der Waals surface area contributed by atoms with Crippen LogP contribution in [-0.4, -0.2) is 59.2 Å². The largest absolute Gasteiger partial charge is 0.342 e. The van der Waals surface area contributed by atoms with Gasteiger partial charge in [-0.1, -0.05) is 84.9 Å². The van der Waals surface area contributed by atoms with Crippen molar-refractivity contribution >= 4 is 23.6 Å². The van der Waals surface area contributed by atoms with Crippen LogP contribution in [-0.2, 0) is 45.0 Å². The molecule has 9 nitrogen and oxygen atoms in total. The van der Waals surface area contributed by atoms with Gasteiger partial charge in [-0.25, -0.2) is 0 Å². The topological polar surface area (TPSA) is 134 Å². The van der Waals surface area contributed by atoms with Crippen LogP contribution in [0.1, 0.15) is 35.1 Å². The van der Waals surface area contributed by atoms with Gasteiger partial charge in [-0.3, -0.25) is 19.2 Å². The molecule has 3 aromatic carbocycles. The Labute approximate surface area is 245 Å². The van der Waals surface area contributed by atoms with Gasteiger partial charge in [0.15, 0.2) is 0 Å². The van der Waals surface area contributed by atoms with Crippen LogP contribution in [0.2, 0.25) is 0 Å². The van der Waals surface area contributed by atoms with Crippen molar-refractivity contribution in [1.29, 1.82) is 0 Å². The molecule has 0 bridgehead atoms. The van der Waals surface area contributed by atoms with Crippen LogP contribution >= 0.6 is 0 Å². The molecular weight excluding hydrogens is 530 g/mol. The number of carbonyl (C=O) groups excluding carboxylic acids is 4. The van der Waals surface area contributed by atoms with E-state index in [4.69, 9.17) is 5.73 Å². The molecule has 2 aliphatic heterocycles. The third-order valence-electron chi connectivity index (χ3n) is 7.98. The third-order valence-corrected chi connectivity index (χ3v) is 7.98. The van der Waals surface area contributed by atoms with Gasteiger partial charge in [-0.05, 0) is 35.1 Å². The molecule has 0 saturated carbocycles. The second kappa shape index (κ2) is 13.4. The molecule has 3 aromatic rings. The lowest BCUT2D eigenvalue weighted by molar-refractivity contribution is -0.143. The lowest BCUT2D eigenvalue weighted by Crippen LogP contribution is -2.62. The van der Waals surface area contributed by atoms with Gasteiger partial charge in [0.2, 0.25) is 23.6 Å². The molecule has 2 fully saturated rings. The number of fused-ring (bicyclic) bond motifs is 1. The first-order valence-corrected chi connectivity index (χ1v) is 14.5. The Morgan fingerprint density at radius 3 is 1.60 bits per heavy atom. The summed E-state index contributed by atoms with van der Waals surface area (Å²) in [4.78, 5) is 56.7. The minimum Gasteiger partial charge on any atom is -0.342 e. The summed E-state index contributed by atoms with van der Waals surface area (Å²) in [6.07, 6.45) is 1.86. The van der Waals surface area contributed by atoms with E-state index >= 15 is 0 Å². The summed E-state index contributed by atoms with van der Waals surface area (Å²) in [5.41, 5.74) is 9.27. The first-order chi connectivity index (χ1) is 20.4. The summed E-state index contributed by atoms with van der Waals surface area (Å²) < 4.78 is 0. The van der Waals surface area contributed by atoms with Crippen molar-refractivity contribution in [3.8, 4) is 0 Å². The molecule has 218 valence electrons. The molecule has 0 spiro atoms. The van der Waals surface area contributed by atoms with E-state index in [-0.39, 0.29) is 31.1 Å². The predicted octanol–water partition coefficient (Wildman–Crippen LogP) is 1.63. The van der Waals surface area contributed by atoms with Gasteiger partial charge < -0.3 is 26.6 Å². The van der Waals surface area contributed by atoms with Crippen LogP contribution in [0, 0.1) is 0 Å². The van der Waals surface area contributed by atoms with Crippen LogP contribution in [0.3, 0.4) is 0 Å². The Morgan fingerprint density at radius 1 is 0.595 bits per heavy atom. The fourth-order valence-electron chi connectivity index (χ4n) is 5.68. The van der Waals surface area contributed by atoms with Gasteiger partial charge in [-0.15, -0.1) is 0 Å². The summed E-state index contributed by atoms with van der Waals surface area (Å²) in [6.45, 7) is 0.803. The second-order valence-corrected chi connectivity index (χ2v) is 11.0. The lowest BCUT2D eigenvalue weighted by atomic mass is 9.99. The Balaban J connectivity index is 1.48. The normalized spacial score (nSPS) is 23.2. The Hall–Kier alpha value is -4.50. The Bertz CT molecular complexity index is 1400. The van der Waals surface area contributed by atoms with E-state index in [1.807, 2.05) is 84.9 Å². The number of nitrogens with one attached hydrogen (secondary N) is 3. The highest BCUT2D eigenvalue weighted by Gasteiger charge is 2.40. The van der Waals surface area contributed by atoms with Gasteiger partial charge in [-0.2, -0.15) is 0 Å². The van der Waals surface area contributed by atoms with Crippen molar-refractivity contribution in [2.24, 2.45) is 5.73 Å². The van der Waals surface area contributed by atoms with Gasteiger partial charge in [0.05, 0.1) is 0 Å². The van der Waals surface area contributed by atoms with E-state index in [1.165, 1.54) is 0 Å². The van der Waals surface area contributed by atoms with Crippen molar-refractivity contribution < 1.29 is 19.2 Å².